The number of hydrogen-bond acceptors (Lipinski definition) is 7. The monoisotopic (exact) mass is 666 g/mol. The molecule has 1 amide bonds. The molecule has 2 aliphatic carbocycles. The second-order valence-electron chi connectivity index (χ2n) is 14.4. The molecule has 2 aromatic heterocycles. The van der Waals surface area contributed by atoms with E-state index in [-0.39, 0.29) is 35.6 Å². The first kappa shape index (κ1) is 33.0. The van der Waals surface area contributed by atoms with E-state index in [1.807, 2.05) is 31.1 Å². The average molecular weight is 667 g/mol. The fourth-order valence-electron chi connectivity index (χ4n) is 8.45. The summed E-state index contributed by atoms with van der Waals surface area (Å²) in [6.07, 6.45) is 6.09. The molecule has 0 bridgehead atoms. The van der Waals surface area contributed by atoms with Crippen LogP contribution in [0.1, 0.15) is 70.1 Å². The number of nitrogens with zero attached hydrogens (tertiary/aromatic N) is 3. The number of imidazole rings is 2. The second kappa shape index (κ2) is 13.4. The topological polar surface area (TPSA) is 156 Å². The largest absolute Gasteiger partial charge is 0.481 e. The minimum absolute atomic E-state index is 0.00619. The Labute approximate surface area is 286 Å². The molecule has 5 N–H and O–H groups in total. The van der Waals surface area contributed by atoms with Crippen molar-refractivity contribution in [1.82, 2.24) is 30.2 Å². The van der Waals surface area contributed by atoms with Crippen molar-refractivity contribution >= 4 is 12.1 Å². The minimum Gasteiger partial charge on any atom is -0.481 e. The van der Waals surface area contributed by atoms with Gasteiger partial charge in [0, 0.05) is 12.5 Å². The van der Waals surface area contributed by atoms with Gasteiger partial charge in [-0.05, 0) is 71.6 Å². The standard InChI is InChI=1S/C38H46N6O5/c1-20(2)33(43-38(48)49-4)36(45)44-17-5-6-29(44)34-39-18-27(41-34)24-12-8-22(9-13-24)23-10-14-25(15-11-23)28-19-40-35(42-28)32-26-16-7-21(3)30(31(26)32)37(46)47/h8-15,18-21,26,29-33,36,45H,5-7,16-17H2,1-4H3,(H,39,41)(H,40,42)(H,43,48)(H,46,47)/t21-,26+,29-,30+,31+,32?,33-,36?/m0/s1. The zero-order valence-electron chi connectivity index (χ0n) is 28.5. The summed E-state index contributed by atoms with van der Waals surface area (Å²) in [6, 6.07) is 16.2. The van der Waals surface area contributed by atoms with Crippen molar-refractivity contribution in [3.05, 3.63) is 72.6 Å². The van der Waals surface area contributed by atoms with Crippen LogP contribution < -0.4 is 5.32 Å². The maximum Gasteiger partial charge on any atom is 0.407 e. The predicted octanol–water partition coefficient (Wildman–Crippen LogP) is 6.43. The molecule has 11 heteroatoms. The van der Waals surface area contributed by atoms with Crippen LogP contribution in [-0.4, -0.2) is 73.0 Å². The van der Waals surface area contributed by atoms with Gasteiger partial charge in [0.05, 0.1) is 48.9 Å². The van der Waals surface area contributed by atoms with Gasteiger partial charge in [-0.3, -0.25) is 9.69 Å². The number of fused-ring (bicyclic) bond motifs is 1. The lowest BCUT2D eigenvalue weighted by atomic mass is 9.80. The summed E-state index contributed by atoms with van der Waals surface area (Å²) in [6.45, 7) is 6.70. The Morgan fingerprint density at radius 2 is 1.47 bits per heavy atom. The number of aliphatic carboxylic acids is 1. The predicted molar refractivity (Wildman–Crippen MR) is 185 cm³/mol. The Kier molecular flexibility index (Phi) is 9.06. The molecule has 1 saturated heterocycles. The second-order valence-corrected chi connectivity index (χ2v) is 14.4. The SMILES string of the molecule is COC(=O)N[C@@H](C(C)C)C(O)N1CCC[C@H]1c1ncc(-c2ccc(-c3ccc(-c4cnc(C5[C@H]6[C@H](C(=O)O)[C@@H](C)CC[C@@H]56)[nH]4)cc3)cc2)[nH]1. The van der Waals surface area contributed by atoms with Crippen molar-refractivity contribution in [3.8, 4) is 33.6 Å². The quantitative estimate of drug-likeness (QED) is 0.130. The highest BCUT2D eigenvalue weighted by molar-refractivity contribution is 5.73. The van der Waals surface area contributed by atoms with Crippen LogP contribution in [0.25, 0.3) is 33.6 Å². The molecule has 258 valence electrons. The number of methoxy groups -OCH3 is 1. The number of alkyl carbamates (subject to hydrolysis) is 1. The number of aliphatic hydroxyl groups excluding tert-OH is 1. The van der Waals surface area contributed by atoms with Crippen LogP contribution in [0, 0.1) is 29.6 Å². The third-order valence-corrected chi connectivity index (χ3v) is 11.2. The van der Waals surface area contributed by atoms with Crippen LogP contribution in [0.4, 0.5) is 4.79 Å². The zero-order chi connectivity index (χ0) is 34.4. The smallest absolute Gasteiger partial charge is 0.407 e. The van der Waals surface area contributed by atoms with Gasteiger partial charge in [0.15, 0.2) is 0 Å². The van der Waals surface area contributed by atoms with Gasteiger partial charge >= 0.3 is 12.1 Å². The van der Waals surface area contributed by atoms with Gasteiger partial charge in [-0.15, -0.1) is 0 Å². The summed E-state index contributed by atoms with van der Waals surface area (Å²) in [7, 11) is 1.32. The van der Waals surface area contributed by atoms with E-state index < -0.39 is 24.3 Å². The van der Waals surface area contributed by atoms with Crippen LogP contribution in [0.15, 0.2) is 60.9 Å². The van der Waals surface area contributed by atoms with E-state index in [1.54, 1.807) is 0 Å². The molecule has 3 aliphatic rings. The number of hydrogen-bond donors (Lipinski definition) is 5. The van der Waals surface area contributed by atoms with Crippen molar-refractivity contribution in [2.75, 3.05) is 13.7 Å². The first-order chi connectivity index (χ1) is 23.6. The number of carbonyl (C=O) groups excluding carboxylic acids is 1. The Hall–Kier alpha value is -4.48. The summed E-state index contributed by atoms with van der Waals surface area (Å²) in [5, 5.41) is 23.9. The van der Waals surface area contributed by atoms with Crippen LogP contribution in [-0.2, 0) is 9.53 Å². The van der Waals surface area contributed by atoms with Crippen LogP contribution >= 0.6 is 0 Å². The number of rotatable bonds is 10. The molecule has 1 aliphatic heterocycles. The molecule has 3 heterocycles. The van der Waals surface area contributed by atoms with E-state index >= 15 is 0 Å². The Bertz CT molecular complexity index is 1780. The van der Waals surface area contributed by atoms with Crippen molar-refractivity contribution in [2.45, 2.75) is 70.7 Å². The minimum atomic E-state index is -0.876. The molecule has 0 spiro atoms. The van der Waals surface area contributed by atoms with Gasteiger partial charge in [-0.1, -0.05) is 69.3 Å². The molecule has 11 nitrogen and oxygen atoms in total. The first-order valence-corrected chi connectivity index (χ1v) is 17.5. The van der Waals surface area contributed by atoms with E-state index in [0.29, 0.717) is 12.5 Å². The first-order valence-electron chi connectivity index (χ1n) is 17.5. The van der Waals surface area contributed by atoms with E-state index in [9.17, 15) is 19.8 Å². The average Bonchev–Trinajstić information content (AvgIpc) is 3.57. The molecule has 4 aromatic rings. The van der Waals surface area contributed by atoms with Gasteiger partial charge in [-0.2, -0.15) is 0 Å². The number of carboxylic acid groups (broad SMARTS) is 1. The number of ether oxygens (including phenoxy) is 1. The van der Waals surface area contributed by atoms with Crippen molar-refractivity contribution in [1.29, 1.82) is 0 Å². The highest BCUT2D eigenvalue weighted by atomic mass is 16.5. The van der Waals surface area contributed by atoms with E-state index in [0.717, 1.165) is 71.0 Å². The van der Waals surface area contributed by atoms with Gasteiger partial charge < -0.3 is 30.2 Å². The number of benzene rings is 2. The van der Waals surface area contributed by atoms with Gasteiger partial charge in [-0.25, -0.2) is 14.8 Å². The third kappa shape index (κ3) is 6.37. The lowest BCUT2D eigenvalue weighted by Gasteiger charge is -2.35. The molecule has 7 rings (SSSR count). The van der Waals surface area contributed by atoms with Crippen LogP contribution in [0.5, 0.6) is 0 Å². The number of aromatic amines is 2. The van der Waals surface area contributed by atoms with Gasteiger partial charge in [0.1, 0.15) is 17.9 Å². The Morgan fingerprint density at radius 1 is 0.898 bits per heavy atom. The number of likely N-dealkylation sites (tertiary alicyclic amines) is 1. The van der Waals surface area contributed by atoms with Crippen molar-refractivity contribution in [2.24, 2.45) is 29.6 Å². The summed E-state index contributed by atoms with van der Waals surface area (Å²) < 4.78 is 4.79. The van der Waals surface area contributed by atoms with Crippen LogP contribution in [0.2, 0.25) is 0 Å². The molecule has 0 radical (unpaired) electrons. The number of carbonyl (C=O) groups is 2. The molecule has 49 heavy (non-hydrogen) atoms. The number of nitrogens with one attached hydrogen (secondary N) is 3. The molecule has 2 aromatic carbocycles. The summed E-state index contributed by atoms with van der Waals surface area (Å²) in [5.41, 5.74) is 6.11. The number of H-pyrrole nitrogens is 2. The Morgan fingerprint density at radius 3 is 2.04 bits per heavy atom. The van der Waals surface area contributed by atoms with Gasteiger partial charge in [0.2, 0.25) is 0 Å². The zero-order valence-corrected chi connectivity index (χ0v) is 28.5. The highest BCUT2D eigenvalue weighted by Gasteiger charge is 2.61. The van der Waals surface area contributed by atoms with Crippen molar-refractivity contribution in [3.63, 3.8) is 0 Å². The number of amides is 1. The molecular formula is C38H46N6O5. The summed E-state index contributed by atoms with van der Waals surface area (Å²) >= 11 is 0. The Balaban J connectivity index is 1.01. The lowest BCUT2D eigenvalue weighted by molar-refractivity contribution is -0.145. The fraction of sp³-hybridized carbons (Fsp3) is 0.474. The molecule has 3 fully saturated rings. The molecule has 2 unspecified atom stereocenters. The van der Waals surface area contributed by atoms with E-state index in [1.165, 1.54) is 7.11 Å². The summed E-state index contributed by atoms with van der Waals surface area (Å²) in [4.78, 5) is 42.3. The van der Waals surface area contributed by atoms with Crippen LogP contribution in [0.3, 0.4) is 0 Å². The third-order valence-electron chi connectivity index (χ3n) is 11.2. The summed E-state index contributed by atoms with van der Waals surface area (Å²) in [5.74, 6) is 1.78. The maximum absolute atomic E-state index is 11.9. The van der Waals surface area contributed by atoms with E-state index in [4.69, 9.17) is 14.7 Å². The molecule has 8 atom stereocenters. The lowest BCUT2D eigenvalue weighted by Crippen LogP contribution is -2.54. The molecule has 2 saturated carbocycles. The van der Waals surface area contributed by atoms with E-state index in [2.05, 4.69) is 70.7 Å². The fourth-order valence-corrected chi connectivity index (χ4v) is 8.45. The number of aromatic nitrogens is 4. The molecular weight excluding hydrogens is 620 g/mol. The van der Waals surface area contributed by atoms with Crippen molar-refractivity contribution < 1.29 is 24.5 Å². The maximum atomic E-state index is 11.9. The number of carboxylic acids is 1. The highest BCUT2D eigenvalue weighted by Crippen LogP contribution is 2.64. The number of aliphatic hydroxyl groups is 1. The normalized spacial score (nSPS) is 26.2. The van der Waals surface area contributed by atoms with Gasteiger partial charge in [0.25, 0.3) is 0 Å².